The maximum absolute atomic E-state index is 12.6. The lowest BCUT2D eigenvalue weighted by atomic mass is 10.1. The fourth-order valence-corrected chi connectivity index (χ4v) is 2.13. The van der Waals surface area contributed by atoms with Gasteiger partial charge in [0.15, 0.2) is 0 Å². The molecule has 0 fully saturated rings. The molecule has 1 N–H and O–H groups in total. The van der Waals surface area contributed by atoms with E-state index < -0.39 is 17.6 Å². The second-order valence-corrected chi connectivity index (χ2v) is 4.97. The van der Waals surface area contributed by atoms with Crippen molar-refractivity contribution in [1.82, 2.24) is 20.0 Å². The Labute approximate surface area is 139 Å². The Kier molecular flexibility index (Phi) is 4.26. The number of benzene rings is 1. The number of aryl methyl sites for hydroxylation is 1. The van der Waals surface area contributed by atoms with E-state index in [4.69, 9.17) is 4.42 Å². The molecule has 0 saturated heterocycles. The molecule has 130 valence electrons. The second kappa shape index (κ2) is 6.38. The molecule has 0 aliphatic carbocycles. The van der Waals surface area contributed by atoms with Gasteiger partial charge in [-0.3, -0.25) is 14.8 Å². The first-order valence-electron chi connectivity index (χ1n) is 7.23. The number of nitrogens with zero attached hydrogens (tertiary/aromatic N) is 4. The summed E-state index contributed by atoms with van der Waals surface area (Å²) in [6, 6.07) is 5.63. The standard InChI is InChI=1S/C15H12F3N5O2/c1-2-23-11(7-8-19-23)12(24)20-14-22-21-13(25-14)9-3-5-10(6-4-9)15(16,17)18/h3-8H,2H2,1H3,(H,20,22,24). The van der Waals surface area contributed by atoms with Crippen LogP contribution in [0.25, 0.3) is 11.5 Å². The highest BCUT2D eigenvalue weighted by Gasteiger charge is 2.30. The third-order valence-corrected chi connectivity index (χ3v) is 3.35. The molecule has 0 bridgehead atoms. The number of alkyl halides is 3. The molecular formula is C15H12F3N5O2. The minimum Gasteiger partial charge on any atom is -0.403 e. The number of anilines is 1. The lowest BCUT2D eigenvalue weighted by Gasteiger charge is -2.05. The Morgan fingerprint density at radius 3 is 2.56 bits per heavy atom. The molecule has 0 aliphatic heterocycles. The summed E-state index contributed by atoms with van der Waals surface area (Å²) < 4.78 is 44.4. The molecule has 0 radical (unpaired) electrons. The lowest BCUT2D eigenvalue weighted by molar-refractivity contribution is -0.137. The molecule has 3 rings (SSSR count). The zero-order valence-corrected chi connectivity index (χ0v) is 12.9. The number of carbonyl (C=O) groups is 1. The van der Waals surface area contributed by atoms with Gasteiger partial charge in [0.1, 0.15) is 5.69 Å². The quantitative estimate of drug-likeness (QED) is 0.780. The number of hydrogen-bond donors (Lipinski definition) is 1. The summed E-state index contributed by atoms with van der Waals surface area (Å²) in [6.07, 6.45) is -2.94. The molecule has 2 aromatic heterocycles. The molecule has 0 saturated carbocycles. The van der Waals surface area contributed by atoms with E-state index in [0.717, 1.165) is 12.1 Å². The largest absolute Gasteiger partial charge is 0.416 e. The Balaban J connectivity index is 1.75. The van der Waals surface area contributed by atoms with Crippen molar-refractivity contribution < 1.29 is 22.4 Å². The highest BCUT2D eigenvalue weighted by molar-refractivity contribution is 6.01. The smallest absolute Gasteiger partial charge is 0.403 e. The van der Waals surface area contributed by atoms with Crippen molar-refractivity contribution in [2.45, 2.75) is 19.6 Å². The fraction of sp³-hybridized carbons (Fsp3) is 0.200. The summed E-state index contributed by atoms with van der Waals surface area (Å²) in [7, 11) is 0. The first-order chi connectivity index (χ1) is 11.9. The van der Waals surface area contributed by atoms with E-state index in [1.54, 1.807) is 0 Å². The van der Waals surface area contributed by atoms with Gasteiger partial charge in [-0.2, -0.15) is 18.3 Å². The van der Waals surface area contributed by atoms with Gasteiger partial charge >= 0.3 is 12.2 Å². The minimum atomic E-state index is -4.42. The number of rotatable bonds is 4. The first kappa shape index (κ1) is 16.7. The van der Waals surface area contributed by atoms with Gasteiger partial charge in [0, 0.05) is 18.3 Å². The van der Waals surface area contributed by atoms with Crippen molar-refractivity contribution in [3.05, 3.63) is 47.8 Å². The van der Waals surface area contributed by atoms with Crippen LogP contribution in [0.3, 0.4) is 0 Å². The van der Waals surface area contributed by atoms with Gasteiger partial charge in [0.25, 0.3) is 5.91 Å². The zero-order valence-electron chi connectivity index (χ0n) is 12.9. The maximum Gasteiger partial charge on any atom is 0.416 e. The van der Waals surface area contributed by atoms with E-state index in [-0.39, 0.29) is 11.9 Å². The molecule has 1 aromatic carbocycles. The molecular weight excluding hydrogens is 339 g/mol. The first-order valence-corrected chi connectivity index (χ1v) is 7.23. The van der Waals surface area contributed by atoms with Gasteiger partial charge in [-0.15, -0.1) is 5.10 Å². The summed E-state index contributed by atoms with van der Waals surface area (Å²) in [6.45, 7) is 2.34. The number of nitrogens with one attached hydrogen (secondary N) is 1. The molecule has 0 spiro atoms. The van der Waals surface area contributed by atoms with Crippen LogP contribution in [-0.4, -0.2) is 25.9 Å². The number of aromatic nitrogens is 4. The number of amides is 1. The Morgan fingerprint density at radius 1 is 1.20 bits per heavy atom. The van der Waals surface area contributed by atoms with E-state index in [1.165, 1.54) is 29.1 Å². The molecule has 0 unspecified atom stereocenters. The average Bonchev–Trinajstić information content (AvgIpc) is 3.23. The third kappa shape index (κ3) is 3.52. The number of hydrogen-bond acceptors (Lipinski definition) is 5. The summed E-state index contributed by atoms with van der Waals surface area (Å²) >= 11 is 0. The molecule has 1 amide bonds. The van der Waals surface area contributed by atoms with E-state index in [2.05, 4.69) is 20.6 Å². The lowest BCUT2D eigenvalue weighted by Crippen LogP contribution is -2.17. The van der Waals surface area contributed by atoms with Crippen molar-refractivity contribution in [3.63, 3.8) is 0 Å². The van der Waals surface area contributed by atoms with Crippen LogP contribution < -0.4 is 5.32 Å². The van der Waals surface area contributed by atoms with Crippen molar-refractivity contribution in [2.75, 3.05) is 5.32 Å². The molecule has 0 atom stereocenters. The van der Waals surface area contributed by atoms with Crippen LogP contribution in [0.5, 0.6) is 0 Å². The van der Waals surface area contributed by atoms with Crippen molar-refractivity contribution >= 4 is 11.9 Å². The highest BCUT2D eigenvalue weighted by Crippen LogP contribution is 2.30. The van der Waals surface area contributed by atoms with Crippen LogP contribution in [0.15, 0.2) is 40.9 Å². The molecule has 10 heteroatoms. The molecule has 2 heterocycles. The van der Waals surface area contributed by atoms with Crippen LogP contribution in [-0.2, 0) is 12.7 Å². The predicted octanol–water partition coefficient (Wildman–Crippen LogP) is 3.22. The Hall–Kier alpha value is -3.17. The number of halogens is 3. The topological polar surface area (TPSA) is 85.8 Å². The molecule has 3 aromatic rings. The Morgan fingerprint density at radius 2 is 1.92 bits per heavy atom. The van der Waals surface area contributed by atoms with Crippen molar-refractivity contribution in [3.8, 4) is 11.5 Å². The highest BCUT2D eigenvalue weighted by atomic mass is 19.4. The molecule has 7 nitrogen and oxygen atoms in total. The van der Waals surface area contributed by atoms with Crippen LogP contribution in [0.4, 0.5) is 19.2 Å². The average molecular weight is 351 g/mol. The Bertz CT molecular complexity index is 883. The monoisotopic (exact) mass is 351 g/mol. The maximum atomic E-state index is 12.6. The third-order valence-electron chi connectivity index (χ3n) is 3.35. The summed E-state index contributed by atoms with van der Waals surface area (Å²) in [5.74, 6) is -0.491. The SMILES string of the molecule is CCn1nccc1C(=O)Nc1nnc(-c2ccc(C(F)(F)F)cc2)o1. The zero-order chi connectivity index (χ0) is 18.0. The number of carbonyl (C=O) groups excluding carboxylic acids is 1. The van der Waals surface area contributed by atoms with Gasteiger partial charge in [-0.25, -0.2) is 0 Å². The summed E-state index contributed by atoms with van der Waals surface area (Å²) in [4.78, 5) is 12.1. The fourth-order valence-electron chi connectivity index (χ4n) is 2.13. The molecule has 0 aliphatic rings. The van der Waals surface area contributed by atoms with E-state index >= 15 is 0 Å². The van der Waals surface area contributed by atoms with Gasteiger partial charge in [0.05, 0.1) is 5.56 Å². The van der Waals surface area contributed by atoms with Crippen LogP contribution in [0.1, 0.15) is 23.0 Å². The van der Waals surface area contributed by atoms with Crippen LogP contribution in [0, 0.1) is 0 Å². The summed E-state index contributed by atoms with van der Waals surface area (Å²) in [5.41, 5.74) is -0.159. The molecule has 25 heavy (non-hydrogen) atoms. The van der Waals surface area contributed by atoms with Crippen LogP contribution >= 0.6 is 0 Å². The van der Waals surface area contributed by atoms with Crippen molar-refractivity contribution in [1.29, 1.82) is 0 Å². The normalized spacial score (nSPS) is 11.5. The van der Waals surface area contributed by atoms with E-state index in [1.807, 2.05) is 6.92 Å². The van der Waals surface area contributed by atoms with Gasteiger partial charge in [0.2, 0.25) is 5.89 Å². The summed E-state index contributed by atoms with van der Waals surface area (Å²) in [5, 5.41) is 13.8. The van der Waals surface area contributed by atoms with E-state index in [9.17, 15) is 18.0 Å². The second-order valence-electron chi connectivity index (χ2n) is 4.97. The van der Waals surface area contributed by atoms with Gasteiger partial charge < -0.3 is 4.42 Å². The van der Waals surface area contributed by atoms with E-state index in [0.29, 0.717) is 17.8 Å². The van der Waals surface area contributed by atoms with Crippen molar-refractivity contribution in [2.24, 2.45) is 0 Å². The predicted molar refractivity (Wildman–Crippen MR) is 80.6 cm³/mol. The van der Waals surface area contributed by atoms with Crippen LogP contribution in [0.2, 0.25) is 0 Å². The van der Waals surface area contributed by atoms with Gasteiger partial charge in [-0.1, -0.05) is 5.10 Å². The minimum absolute atomic E-state index is 0.00646. The van der Waals surface area contributed by atoms with Gasteiger partial charge in [-0.05, 0) is 37.3 Å².